The van der Waals surface area contributed by atoms with Gasteiger partial charge in [0.1, 0.15) is 0 Å². The number of rotatable bonds is 10. The molecule has 0 fully saturated rings. The quantitative estimate of drug-likeness (QED) is 0.259. The first-order chi connectivity index (χ1) is 14.0. The van der Waals surface area contributed by atoms with E-state index < -0.39 is 0 Å². The lowest BCUT2D eigenvalue weighted by Crippen LogP contribution is -2.24. The van der Waals surface area contributed by atoms with Gasteiger partial charge in [0, 0.05) is 31.7 Å². The van der Waals surface area contributed by atoms with E-state index in [1.165, 1.54) is 11.8 Å². The summed E-state index contributed by atoms with van der Waals surface area (Å²) in [5.41, 5.74) is 0.487. The maximum atomic E-state index is 13.1. The fourth-order valence-corrected chi connectivity index (χ4v) is 4.04. The third kappa shape index (κ3) is 5.38. The van der Waals surface area contributed by atoms with Crippen molar-refractivity contribution in [1.82, 2.24) is 19.7 Å². The number of ether oxygens (including phenoxy) is 1. The molecule has 0 saturated heterocycles. The van der Waals surface area contributed by atoms with Crippen molar-refractivity contribution in [2.24, 2.45) is 0 Å². The molecule has 2 heterocycles. The number of hydrogen-bond acceptors (Lipinski definition) is 7. The van der Waals surface area contributed by atoms with E-state index in [4.69, 9.17) is 25.8 Å². The van der Waals surface area contributed by atoms with Crippen molar-refractivity contribution < 1.29 is 9.26 Å². The van der Waals surface area contributed by atoms with Crippen LogP contribution in [0.1, 0.15) is 50.1 Å². The molecule has 1 unspecified atom stereocenters. The normalized spacial score (nSPS) is 12.6. The third-order valence-corrected chi connectivity index (χ3v) is 5.79. The van der Waals surface area contributed by atoms with Crippen molar-refractivity contribution in [2.75, 3.05) is 13.7 Å². The Balaban J connectivity index is 1.92. The minimum atomic E-state index is -0.143. The zero-order valence-corrected chi connectivity index (χ0v) is 18.4. The highest BCUT2D eigenvalue weighted by atomic mass is 35.5. The van der Waals surface area contributed by atoms with E-state index in [-0.39, 0.29) is 10.8 Å². The number of aryl methyl sites for hydroxylation is 1. The lowest BCUT2D eigenvalue weighted by molar-refractivity contribution is 0.189. The van der Waals surface area contributed by atoms with Crippen molar-refractivity contribution in [2.45, 2.75) is 56.5 Å². The van der Waals surface area contributed by atoms with E-state index in [9.17, 15) is 4.79 Å². The first kappa shape index (κ1) is 21.8. The van der Waals surface area contributed by atoms with Gasteiger partial charge in [0.05, 0.1) is 16.2 Å². The Hall–Kier alpha value is -1.90. The van der Waals surface area contributed by atoms with Crippen LogP contribution in [0.2, 0.25) is 5.02 Å². The molecular formula is C20H25ClN4O3S. The van der Waals surface area contributed by atoms with Crippen LogP contribution >= 0.6 is 23.4 Å². The summed E-state index contributed by atoms with van der Waals surface area (Å²) in [6.07, 6.45) is 3.60. The molecular weight excluding hydrogens is 412 g/mol. The molecule has 0 spiro atoms. The second kappa shape index (κ2) is 10.2. The molecule has 7 nitrogen and oxygen atoms in total. The molecule has 1 aromatic carbocycles. The smallest absolute Gasteiger partial charge is 0.262 e. The minimum absolute atomic E-state index is 0.0911. The lowest BCUT2D eigenvalue weighted by Gasteiger charge is -2.14. The van der Waals surface area contributed by atoms with E-state index in [0.717, 1.165) is 19.3 Å². The zero-order valence-electron chi connectivity index (χ0n) is 16.9. The zero-order chi connectivity index (χ0) is 20.8. The maximum Gasteiger partial charge on any atom is 0.262 e. The van der Waals surface area contributed by atoms with Gasteiger partial charge in [-0.3, -0.25) is 9.36 Å². The molecule has 0 N–H and O–H groups in total. The van der Waals surface area contributed by atoms with Gasteiger partial charge < -0.3 is 9.26 Å². The molecule has 3 aromatic rings. The molecule has 0 radical (unpaired) electrons. The van der Waals surface area contributed by atoms with Gasteiger partial charge in [0.15, 0.2) is 11.0 Å². The number of thioether (sulfide) groups is 1. The average Bonchev–Trinajstić information content (AvgIpc) is 3.17. The Morgan fingerprint density at radius 3 is 2.90 bits per heavy atom. The van der Waals surface area contributed by atoms with E-state index in [1.807, 2.05) is 6.92 Å². The molecule has 9 heteroatoms. The van der Waals surface area contributed by atoms with Crippen LogP contribution in [-0.4, -0.2) is 33.4 Å². The van der Waals surface area contributed by atoms with E-state index in [2.05, 4.69) is 17.1 Å². The molecule has 0 aliphatic rings. The SMILES string of the molecule is CCCCc1noc(C(C)Sc2nc3cc(Cl)ccc3c(=O)n2CCCOC)n1. The molecule has 0 saturated carbocycles. The molecule has 0 amide bonds. The predicted octanol–water partition coefficient (Wildman–Crippen LogP) is 4.67. The molecule has 3 rings (SSSR count). The second-order valence-electron chi connectivity index (χ2n) is 6.77. The number of unbranched alkanes of at least 4 members (excludes halogenated alkanes) is 1. The maximum absolute atomic E-state index is 13.1. The van der Waals surface area contributed by atoms with Crippen LogP contribution in [0.3, 0.4) is 0 Å². The monoisotopic (exact) mass is 436 g/mol. The molecule has 1 atom stereocenters. The van der Waals surface area contributed by atoms with Crippen molar-refractivity contribution in [1.29, 1.82) is 0 Å². The second-order valence-corrected chi connectivity index (χ2v) is 8.52. The summed E-state index contributed by atoms with van der Waals surface area (Å²) in [5.74, 6) is 1.25. The molecule has 29 heavy (non-hydrogen) atoms. The van der Waals surface area contributed by atoms with Gasteiger partial charge in [-0.1, -0.05) is 41.9 Å². The topological polar surface area (TPSA) is 83.0 Å². The summed E-state index contributed by atoms with van der Waals surface area (Å²) >= 11 is 7.53. The van der Waals surface area contributed by atoms with Gasteiger partial charge in [0.25, 0.3) is 5.56 Å². The van der Waals surface area contributed by atoms with Crippen LogP contribution < -0.4 is 5.56 Å². The summed E-state index contributed by atoms with van der Waals surface area (Å²) in [4.78, 5) is 22.3. The summed E-state index contributed by atoms with van der Waals surface area (Å²) < 4.78 is 12.3. The largest absolute Gasteiger partial charge is 0.385 e. The number of aromatic nitrogens is 4. The van der Waals surface area contributed by atoms with E-state index in [1.54, 1.807) is 29.9 Å². The summed E-state index contributed by atoms with van der Waals surface area (Å²) in [6, 6.07) is 5.13. The Morgan fingerprint density at radius 1 is 1.31 bits per heavy atom. The van der Waals surface area contributed by atoms with Gasteiger partial charge in [-0.2, -0.15) is 4.98 Å². The lowest BCUT2D eigenvalue weighted by atomic mass is 10.2. The first-order valence-electron chi connectivity index (χ1n) is 9.71. The van der Waals surface area contributed by atoms with E-state index in [0.29, 0.717) is 52.4 Å². The number of methoxy groups -OCH3 is 1. The highest BCUT2D eigenvalue weighted by Crippen LogP contribution is 2.33. The van der Waals surface area contributed by atoms with E-state index >= 15 is 0 Å². The Bertz CT molecular complexity index is 1020. The van der Waals surface area contributed by atoms with Crippen LogP contribution in [0.4, 0.5) is 0 Å². The standard InChI is InChI=1S/C20H25ClN4O3S/c1-4-5-7-17-23-18(28-24-17)13(2)29-20-22-16-12-14(21)8-9-15(16)19(26)25(20)10-6-11-27-3/h8-9,12-13H,4-7,10-11H2,1-3H3. The van der Waals surface area contributed by atoms with Crippen LogP contribution in [0.15, 0.2) is 32.7 Å². The fourth-order valence-electron chi connectivity index (χ4n) is 2.91. The number of nitrogens with zero attached hydrogens (tertiary/aromatic N) is 4. The molecule has 156 valence electrons. The Labute approximate surface area is 178 Å². The Kier molecular flexibility index (Phi) is 7.69. The number of hydrogen-bond donors (Lipinski definition) is 0. The molecule has 2 aromatic heterocycles. The molecule has 0 aliphatic carbocycles. The van der Waals surface area contributed by atoms with Crippen LogP contribution in [0.5, 0.6) is 0 Å². The van der Waals surface area contributed by atoms with Crippen molar-refractivity contribution in [3.8, 4) is 0 Å². The fraction of sp³-hybridized carbons (Fsp3) is 0.500. The van der Waals surface area contributed by atoms with Gasteiger partial charge in [0.2, 0.25) is 5.89 Å². The van der Waals surface area contributed by atoms with Crippen molar-refractivity contribution >= 4 is 34.3 Å². The van der Waals surface area contributed by atoms with Crippen molar-refractivity contribution in [3.05, 3.63) is 45.3 Å². The number of fused-ring (bicyclic) bond motifs is 1. The highest BCUT2D eigenvalue weighted by Gasteiger charge is 2.20. The summed E-state index contributed by atoms with van der Waals surface area (Å²) in [5, 5.41) is 5.60. The Morgan fingerprint density at radius 2 is 2.14 bits per heavy atom. The third-order valence-electron chi connectivity index (χ3n) is 4.48. The number of benzene rings is 1. The molecule has 0 bridgehead atoms. The van der Waals surface area contributed by atoms with Gasteiger partial charge in [-0.15, -0.1) is 0 Å². The number of halogens is 1. The van der Waals surface area contributed by atoms with Gasteiger partial charge in [-0.25, -0.2) is 4.98 Å². The van der Waals surface area contributed by atoms with Gasteiger partial charge in [-0.05, 0) is 38.0 Å². The summed E-state index contributed by atoms with van der Waals surface area (Å²) in [7, 11) is 1.65. The van der Waals surface area contributed by atoms with Crippen LogP contribution in [0.25, 0.3) is 10.9 Å². The van der Waals surface area contributed by atoms with Crippen LogP contribution in [0, 0.1) is 0 Å². The summed E-state index contributed by atoms with van der Waals surface area (Å²) in [6.45, 7) is 5.17. The minimum Gasteiger partial charge on any atom is -0.385 e. The first-order valence-corrected chi connectivity index (χ1v) is 11.0. The highest BCUT2D eigenvalue weighted by molar-refractivity contribution is 7.99. The molecule has 0 aliphatic heterocycles. The van der Waals surface area contributed by atoms with Crippen LogP contribution in [-0.2, 0) is 17.7 Å². The van der Waals surface area contributed by atoms with Gasteiger partial charge >= 0.3 is 0 Å². The van der Waals surface area contributed by atoms with Crippen molar-refractivity contribution in [3.63, 3.8) is 0 Å². The average molecular weight is 437 g/mol. The predicted molar refractivity (Wildman–Crippen MR) is 115 cm³/mol.